The van der Waals surface area contributed by atoms with Crippen molar-refractivity contribution in [2.75, 3.05) is 0 Å². The number of hydrogen-bond acceptors (Lipinski definition) is 0. The number of hydrogen-bond donors (Lipinski definition) is 0. The van der Waals surface area contributed by atoms with Crippen LogP contribution in [0, 0.1) is 12.8 Å². The van der Waals surface area contributed by atoms with Crippen molar-refractivity contribution in [2.45, 2.75) is 45.4 Å². The molecule has 1 aromatic rings. The molecule has 0 heteroatoms. The molecule has 0 saturated heterocycles. The van der Waals surface area contributed by atoms with Crippen molar-refractivity contribution in [1.29, 1.82) is 0 Å². The molecule has 96 valence electrons. The van der Waals surface area contributed by atoms with E-state index in [4.69, 9.17) is 0 Å². The molecule has 1 fully saturated rings. The Labute approximate surface area is 111 Å². The fraction of sp³-hybridized carbons (Fsp3) is 0.444. The highest BCUT2D eigenvalue weighted by Crippen LogP contribution is 2.36. The zero-order valence-corrected chi connectivity index (χ0v) is 11.5. The van der Waals surface area contributed by atoms with E-state index in [1.165, 1.54) is 43.2 Å². The van der Waals surface area contributed by atoms with Crippen LogP contribution in [0.2, 0.25) is 0 Å². The van der Waals surface area contributed by atoms with E-state index >= 15 is 0 Å². The van der Waals surface area contributed by atoms with Gasteiger partial charge in [0.2, 0.25) is 0 Å². The molecule has 0 spiro atoms. The van der Waals surface area contributed by atoms with E-state index in [0.29, 0.717) is 0 Å². The molecule has 0 N–H and O–H groups in total. The van der Waals surface area contributed by atoms with Crippen molar-refractivity contribution in [1.82, 2.24) is 0 Å². The summed E-state index contributed by atoms with van der Waals surface area (Å²) in [5, 5.41) is 0. The molecule has 1 aliphatic rings. The van der Waals surface area contributed by atoms with Gasteiger partial charge >= 0.3 is 0 Å². The van der Waals surface area contributed by atoms with Crippen LogP contribution in [0.15, 0.2) is 43.0 Å². The highest BCUT2D eigenvalue weighted by molar-refractivity contribution is 5.70. The largest absolute Gasteiger partial charge is 0.103 e. The molecule has 0 amide bonds. The lowest BCUT2D eigenvalue weighted by atomic mass is 9.79. The molecule has 0 radical (unpaired) electrons. The summed E-state index contributed by atoms with van der Waals surface area (Å²) in [5.74, 6) is 0.764. The van der Waals surface area contributed by atoms with Gasteiger partial charge < -0.3 is 0 Å². The highest BCUT2D eigenvalue weighted by atomic mass is 14.2. The van der Waals surface area contributed by atoms with Crippen molar-refractivity contribution in [2.24, 2.45) is 5.92 Å². The quantitative estimate of drug-likeness (QED) is 0.607. The third-order valence-corrected chi connectivity index (χ3v) is 4.01. The summed E-state index contributed by atoms with van der Waals surface area (Å²) in [5.41, 5.74) is 4.41. The second-order valence-electron chi connectivity index (χ2n) is 5.33. The Bertz CT molecular complexity index is 419. The van der Waals surface area contributed by atoms with Crippen molar-refractivity contribution in [3.05, 3.63) is 54.1 Å². The van der Waals surface area contributed by atoms with Crippen molar-refractivity contribution in [3.8, 4) is 0 Å². The van der Waals surface area contributed by atoms with Gasteiger partial charge in [-0.25, -0.2) is 0 Å². The van der Waals surface area contributed by atoms with Crippen LogP contribution in [0.25, 0.3) is 5.57 Å². The van der Waals surface area contributed by atoms with E-state index in [9.17, 15) is 0 Å². The minimum absolute atomic E-state index is 0.764. The van der Waals surface area contributed by atoms with Crippen LogP contribution in [0.3, 0.4) is 0 Å². The van der Waals surface area contributed by atoms with E-state index in [-0.39, 0.29) is 0 Å². The third kappa shape index (κ3) is 3.13. The van der Waals surface area contributed by atoms with Crippen LogP contribution >= 0.6 is 0 Å². The minimum Gasteiger partial charge on any atom is -0.103 e. The summed E-state index contributed by atoms with van der Waals surface area (Å²) < 4.78 is 0. The Morgan fingerprint density at radius 1 is 1.22 bits per heavy atom. The molecule has 0 nitrogen and oxygen atoms in total. The first-order valence-electron chi connectivity index (χ1n) is 7.20. The summed E-state index contributed by atoms with van der Waals surface area (Å²) >= 11 is 0. The van der Waals surface area contributed by atoms with Crippen LogP contribution in [-0.2, 0) is 0 Å². The van der Waals surface area contributed by atoms with E-state index in [1.54, 1.807) is 5.57 Å². The number of benzene rings is 1. The molecule has 0 bridgehead atoms. The molecule has 1 saturated carbocycles. The van der Waals surface area contributed by atoms with Crippen LogP contribution < -0.4 is 0 Å². The second kappa shape index (κ2) is 6.58. The molecule has 1 aliphatic carbocycles. The molecule has 0 unspecified atom stereocenters. The van der Waals surface area contributed by atoms with Gasteiger partial charge in [0.05, 0.1) is 0 Å². The lowest BCUT2D eigenvalue weighted by Gasteiger charge is -2.26. The number of allylic oxidation sites excluding steroid dienone is 3. The maximum absolute atomic E-state index is 3.85. The predicted molar refractivity (Wildman–Crippen MR) is 80.5 cm³/mol. The lowest BCUT2D eigenvalue weighted by Crippen LogP contribution is -2.09. The molecule has 1 aromatic carbocycles. The Morgan fingerprint density at radius 2 is 1.94 bits per heavy atom. The van der Waals surface area contributed by atoms with E-state index < -0.39 is 0 Å². The third-order valence-electron chi connectivity index (χ3n) is 4.01. The van der Waals surface area contributed by atoms with Gasteiger partial charge in [-0.3, -0.25) is 0 Å². The molecule has 2 rings (SSSR count). The number of rotatable bonds is 4. The minimum atomic E-state index is 0.764. The topological polar surface area (TPSA) is 0 Å². The maximum atomic E-state index is 3.85. The summed E-state index contributed by atoms with van der Waals surface area (Å²) in [7, 11) is 0. The molecular weight excluding hydrogens is 216 g/mol. The zero-order chi connectivity index (χ0) is 12.8. The van der Waals surface area contributed by atoms with Crippen molar-refractivity contribution < 1.29 is 0 Å². The summed E-state index contributed by atoms with van der Waals surface area (Å²) in [4.78, 5) is 0. The molecule has 0 aliphatic heterocycles. The lowest BCUT2D eigenvalue weighted by molar-refractivity contribution is 0.429. The van der Waals surface area contributed by atoms with Gasteiger partial charge in [-0.1, -0.05) is 55.7 Å². The van der Waals surface area contributed by atoms with Gasteiger partial charge in [-0.2, -0.15) is 0 Å². The first kappa shape index (κ1) is 13.1. The average molecular weight is 240 g/mol. The summed E-state index contributed by atoms with van der Waals surface area (Å²) in [6.07, 6.45) is 12.3. The molecule has 0 aromatic heterocycles. The summed E-state index contributed by atoms with van der Waals surface area (Å²) in [6, 6.07) is 8.79. The van der Waals surface area contributed by atoms with Gasteiger partial charge in [0.25, 0.3) is 0 Å². The van der Waals surface area contributed by atoms with Gasteiger partial charge in [0, 0.05) is 0 Å². The van der Waals surface area contributed by atoms with Gasteiger partial charge in [0.15, 0.2) is 0 Å². The van der Waals surface area contributed by atoms with Crippen molar-refractivity contribution >= 4 is 5.57 Å². The van der Waals surface area contributed by atoms with Crippen LogP contribution in [0.1, 0.15) is 49.7 Å². The SMILES string of the molecule is C=CC/C=C(/c1ccccc1C)C1CCCCC1. The Hall–Kier alpha value is -1.30. The van der Waals surface area contributed by atoms with Crippen LogP contribution in [0.4, 0.5) is 0 Å². The van der Waals surface area contributed by atoms with Gasteiger partial charge in [-0.05, 0) is 48.8 Å². The Morgan fingerprint density at radius 3 is 2.61 bits per heavy atom. The molecular formula is C18H24. The second-order valence-corrected chi connectivity index (χ2v) is 5.33. The monoisotopic (exact) mass is 240 g/mol. The Kier molecular flexibility index (Phi) is 4.81. The van der Waals surface area contributed by atoms with E-state index in [2.05, 4.69) is 43.8 Å². The smallest absolute Gasteiger partial charge is 0.0159 e. The fourth-order valence-corrected chi connectivity index (χ4v) is 3.02. The first-order valence-corrected chi connectivity index (χ1v) is 7.20. The normalized spacial score (nSPS) is 17.7. The van der Waals surface area contributed by atoms with Crippen molar-refractivity contribution in [3.63, 3.8) is 0 Å². The fourth-order valence-electron chi connectivity index (χ4n) is 3.02. The van der Waals surface area contributed by atoms with E-state index in [0.717, 1.165) is 12.3 Å². The van der Waals surface area contributed by atoms with Crippen LogP contribution in [-0.4, -0.2) is 0 Å². The molecule has 0 heterocycles. The average Bonchev–Trinajstić information content (AvgIpc) is 2.42. The zero-order valence-electron chi connectivity index (χ0n) is 11.5. The predicted octanol–water partition coefficient (Wildman–Crippen LogP) is 5.53. The molecule has 0 atom stereocenters. The Balaban J connectivity index is 2.30. The maximum Gasteiger partial charge on any atom is -0.0159 e. The van der Waals surface area contributed by atoms with Gasteiger partial charge in [-0.15, -0.1) is 6.58 Å². The summed E-state index contributed by atoms with van der Waals surface area (Å²) in [6.45, 7) is 6.07. The highest BCUT2D eigenvalue weighted by Gasteiger charge is 2.19. The molecule has 18 heavy (non-hydrogen) atoms. The number of aryl methyl sites for hydroxylation is 1. The van der Waals surface area contributed by atoms with Gasteiger partial charge in [0.1, 0.15) is 0 Å². The standard InChI is InChI=1S/C18H24/c1-3-4-13-18(16-11-6-5-7-12-16)17-14-9-8-10-15(17)2/h3,8-10,13-14,16H,1,4-7,11-12H2,2H3/b18-13+. The van der Waals surface area contributed by atoms with Crippen LogP contribution in [0.5, 0.6) is 0 Å². The first-order chi connectivity index (χ1) is 8.83. The van der Waals surface area contributed by atoms with E-state index in [1.807, 2.05) is 6.08 Å².